The zero-order valence-electron chi connectivity index (χ0n) is 9.72. The summed E-state index contributed by atoms with van der Waals surface area (Å²) in [4.78, 5) is 6.28. The van der Waals surface area contributed by atoms with E-state index in [1.807, 2.05) is 4.90 Å². The number of nitrogens with two attached hydrogens (primary N) is 1. The molecule has 0 amide bonds. The van der Waals surface area contributed by atoms with Crippen LogP contribution in [0.15, 0.2) is 18.3 Å². The summed E-state index contributed by atoms with van der Waals surface area (Å²) in [6.45, 7) is 0.935. The van der Waals surface area contributed by atoms with E-state index in [1.54, 1.807) is 18.3 Å². The van der Waals surface area contributed by atoms with E-state index >= 15 is 0 Å². The van der Waals surface area contributed by atoms with Gasteiger partial charge in [-0.1, -0.05) is 0 Å². The minimum atomic E-state index is -0.410. The highest BCUT2D eigenvalue weighted by Crippen LogP contribution is 2.27. The Kier molecular flexibility index (Phi) is 3.78. The average Bonchev–Trinajstić information content (AvgIpc) is 2.33. The minimum absolute atomic E-state index is 0.0323. The van der Waals surface area contributed by atoms with Crippen molar-refractivity contribution in [1.29, 1.82) is 0 Å². The fourth-order valence-corrected chi connectivity index (χ4v) is 2.31. The van der Waals surface area contributed by atoms with Crippen LogP contribution >= 0.6 is 0 Å². The van der Waals surface area contributed by atoms with Gasteiger partial charge in [-0.05, 0) is 25.0 Å². The van der Waals surface area contributed by atoms with E-state index in [2.05, 4.69) is 4.98 Å². The fourth-order valence-electron chi connectivity index (χ4n) is 2.31. The zero-order chi connectivity index (χ0) is 12.3. The molecule has 0 aromatic carbocycles. The lowest BCUT2D eigenvalue weighted by atomic mass is 9.92. The van der Waals surface area contributed by atoms with Crippen LogP contribution in [0.3, 0.4) is 0 Å². The first kappa shape index (κ1) is 12.1. The number of hydrogen-bond acceptors (Lipinski definition) is 4. The van der Waals surface area contributed by atoms with E-state index in [0.29, 0.717) is 31.6 Å². The fraction of sp³-hybridized carbons (Fsp3) is 0.583. The number of nitrogens with zero attached hydrogens (tertiary/aromatic N) is 2. The molecule has 2 atom stereocenters. The van der Waals surface area contributed by atoms with E-state index in [4.69, 9.17) is 5.73 Å². The quantitative estimate of drug-likeness (QED) is 0.832. The normalized spacial score (nSPS) is 24.9. The predicted octanol–water partition coefficient (Wildman–Crippen LogP) is 1.21. The van der Waals surface area contributed by atoms with Crippen molar-refractivity contribution in [1.82, 2.24) is 4.98 Å². The molecule has 94 valence electrons. The highest BCUT2D eigenvalue weighted by atomic mass is 19.1. The lowest BCUT2D eigenvalue weighted by molar-refractivity contribution is 0.0793. The van der Waals surface area contributed by atoms with E-state index in [1.165, 1.54) is 0 Å². The van der Waals surface area contributed by atoms with Crippen LogP contribution in [0.25, 0.3) is 0 Å². The summed E-state index contributed by atoms with van der Waals surface area (Å²) in [5.41, 5.74) is 6.49. The van der Waals surface area contributed by atoms with Crippen molar-refractivity contribution in [3.05, 3.63) is 18.3 Å². The number of pyridine rings is 1. The summed E-state index contributed by atoms with van der Waals surface area (Å²) in [6, 6.07) is 3.59. The van der Waals surface area contributed by atoms with Crippen molar-refractivity contribution < 1.29 is 9.50 Å². The third-order valence-corrected chi connectivity index (χ3v) is 3.29. The largest absolute Gasteiger partial charge is 0.396 e. The molecule has 1 saturated heterocycles. The number of halogens is 1. The number of aromatic nitrogens is 1. The second-order valence-electron chi connectivity index (χ2n) is 4.46. The first-order chi connectivity index (χ1) is 8.22. The molecule has 0 spiro atoms. The molecule has 2 rings (SSSR count). The summed E-state index contributed by atoms with van der Waals surface area (Å²) in [5.74, 6) is 0.707. The Morgan fingerprint density at radius 2 is 2.41 bits per heavy atom. The van der Waals surface area contributed by atoms with E-state index in [0.717, 1.165) is 5.82 Å². The number of nitrogen functional groups attached to an aromatic ring is 1. The number of piperidine rings is 1. The molecule has 0 radical (unpaired) electrons. The second-order valence-corrected chi connectivity index (χ2v) is 4.46. The molecule has 1 fully saturated rings. The maximum absolute atomic E-state index is 12.4. The summed E-state index contributed by atoms with van der Waals surface area (Å²) in [6.07, 6.45) is 2.32. The Labute approximate surface area is 100 Å². The molecular formula is C12H18FN3O. The van der Waals surface area contributed by atoms with E-state index in [-0.39, 0.29) is 5.92 Å². The van der Waals surface area contributed by atoms with Gasteiger partial charge in [0.15, 0.2) is 5.82 Å². The number of alkyl halides is 1. The number of anilines is 2. The van der Waals surface area contributed by atoms with Crippen LogP contribution in [0, 0.1) is 5.92 Å². The van der Waals surface area contributed by atoms with Gasteiger partial charge in [0.2, 0.25) is 0 Å². The Bertz CT molecular complexity index is 375. The van der Waals surface area contributed by atoms with Gasteiger partial charge in [0, 0.05) is 25.2 Å². The second kappa shape index (κ2) is 5.31. The van der Waals surface area contributed by atoms with Gasteiger partial charge < -0.3 is 15.7 Å². The Morgan fingerprint density at radius 1 is 1.59 bits per heavy atom. The van der Waals surface area contributed by atoms with Gasteiger partial charge in [-0.25, -0.2) is 4.98 Å². The molecule has 0 aliphatic carbocycles. The van der Waals surface area contributed by atoms with Gasteiger partial charge >= 0.3 is 0 Å². The van der Waals surface area contributed by atoms with Gasteiger partial charge in [-0.3, -0.25) is 4.39 Å². The van der Waals surface area contributed by atoms with Crippen LogP contribution in [-0.2, 0) is 0 Å². The SMILES string of the molecule is Nc1cccnc1N1CC[C@@H](O)[C@@H](CCF)C1. The summed E-state index contributed by atoms with van der Waals surface area (Å²) in [5, 5.41) is 9.79. The monoisotopic (exact) mass is 239 g/mol. The minimum Gasteiger partial charge on any atom is -0.396 e. The van der Waals surface area contributed by atoms with Gasteiger partial charge in [0.1, 0.15) is 0 Å². The molecule has 1 aromatic heterocycles. The lowest BCUT2D eigenvalue weighted by Crippen LogP contribution is -2.44. The van der Waals surface area contributed by atoms with Crippen molar-refractivity contribution in [2.24, 2.45) is 5.92 Å². The van der Waals surface area contributed by atoms with Crippen molar-refractivity contribution >= 4 is 11.5 Å². The van der Waals surface area contributed by atoms with Gasteiger partial charge in [0.05, 0.1) is 18.5 Å². The molecule has 1 aliphatic rings. The molecule has 1 aromatic rings. The van der Waals surface area contributed by atoms with Crippen molar-refractivity contribution in [3.8, 4) is 0 Å². The summed E-state index contributed by atoms with van der Waals surface area (Å²) >= 11 is 0. The molecular weight excluding hydrogens is 221 g/mol. The molecule has 4 nitrogen and oxygen atoms in total. The first-order valence-corrected chi connectivity index (χ1v) is 5.92. The molecule has 3 N–H and O–H groups in total. The number of rotatable bonds is 3. The third kappa shape index (κ3) is 2.66. The molecule has 0 bridgehead atoms. The van der Waals surface area contributed by atoms with Gasteiger partial charge in [0.25, 0.3) is 0 Å². The molecule has 0 unspecified atom stereocenters. The Hall–Kier alpha value is -1.36. The maximum atomic E-state index is 12.4. The third-order valence-electron chi connectivity index (χ3n) is 3.29. The lowest BCUT2D eigenvalue weighted by Gasteiger charge is -2.37. The van der Waals surface area contributed by atoms with Crippen LogP contribution in [0.2, 0.25) is 0 Å². The van der Waals surface area contributed by atoms with Crippen LogP contribution < -0.4 is 10.6 Å². The molecule has 2 heterocycles. The topological polar surface area (TPSA) is 62.4 Å². The van der Waals surface area contributed by atoms with Crippen molar-refractivity contribution in [2.45, 2.75) is 18.9 Å². The smallest absolute Gasteiger partial charge is 0.151 e. The number of hydrogen-bond donors (Lipinski definition) is 2. The Morgan fingerprint density at radius 3 is 3.12 bits per heavy atom. The number of aliphatic hydroxyl groups excluding tert-OH is 1. The Balaban J connectivity index is 2.10. The molecule has 17 heavy (non-hydrogen) atoms. The summed E-state index contributed by atoms with van der Waals surface area (Å²) < 4.78 is 12.4. The molecule has 1 aliphatic heterocycles. The average molecular weight is 239 g/mol. The van der Waals surface area contributed by atoms with Crippen molar-refractivity contribution in [3.63, 3.8) is 0 Å². The maximum Gasteiger partial charge on any atom is 0.151 e. The first-order valence-electron chi connectivity index (χ1n) is 5.92. The highest BCUT2D eigenvalue weighted by Gasteiger charge is 2.28. The van der Waals surface area contributed by atoms with Crippen LogP contribution in [-0.4, -0.2) is 36.0 Å². The molecule has 5 heteroatoms. The van der Waals surface area contributed by atoms with Crippen molar-refractivity contribution in [2.75, 3.05) is 30.4 Å². The highest BCUT2D eigenvalue weighted by molar-refractivity contribution is 5.62. The van der Waals surface area contributed by atoms with Crippen LogP contribution in [0.4, 0.5) is 15.9 Å². The van der Waals surface area contributed by atoms with Gasteiger partial charge in [-0.15, -0.1) is 0 Å². The van der Waals surface area contributed by atoms with Gasteiger partial charge in [-0.2, -0.15) is 0 Å². The standard InChI is InChI=1S/C12H18FN3O/c13-5-3-9-8-16(7-4-11(9)17)12-10(14)2-1-6-15-12/h1-2,6,9,11,17H,3-5,7-8,14H2/t9-,11+/m0/s1. The van der Waals surface area contributed by atoms with Crippen LogP contribution in [0.1, 0.15) is 12.8 Å². The van der Waals surface area contributed by atoms with E-state index in [9.17, 15) is 9.50 Å². The van der Waals surface area contributed by atoms with E-state index < -0.39 is 12.8 Å². The zero-order valence-corrected chi connectivity index (χ0v) is 9.72. The predicted molar refractivity (Wildman–Crippen MR) is 65.6 cm³/mol. The summed E-state index contributed by atoms with van der Waals surface area (Å²) in [7, 11) is 0. The molecule has 0 saturated carbocycles. The van der Waals surface area contributed by atoms with Crippen LogP contribution in [0.5, 0.6) is 0 Å². The number of aliphatic hydroxyl groups is 1.